The van der Waals surface area contributed by atoms with Crippen LogP contribution in [0.25, 0.3) is 0 Å². The van der Waals surface area contributed by atoms with E-state index in [1.165, 1.54) is 38.5 Å². The van der Waals surface area contributed by atoms with Crippen molar-refractivity contribution in [2.24, 2.45) is 46.3 Å². The highest BCUT2D eigenvalue weighted by atomic mass is 16.5. The molecule has 0 bridgehead atoms. The van der Waals surface area contributed by atoms with Gasteiger partial charge in [-0.1, -0.05) is 20.8 Å². The Morgan fingerprint density at radius 2 is 1.83 bits per heavy atom. The van der Waals surface area contributed by atoms with Gasteiger partial charge in [0.15, 0.2) is 0 Å². The normalized spacial score (nSPS) is 45.1. The van der Waals surface area contributed by atoms with E-state index >= 15 is 0 Å². The summed E-state index contributed by atoms with van der Waals surface area (Å²) in [5.74, 6) is 5.04. The second kappa shape index (κ2) is 8.00. The Morgan fingerprint density at radius 1 is 1.07 bits per heavy atom. The van der Waals surface area contributed by atoms with Gasteiger partial charge in [0.2, 0.25) is 0 Å². The molecule has 0 heterocycles. The second-order valence-electron chi connectivity index (χ2n) is 11.4. The molecule has 8 atom stereocenters. The first-order chi connectivity index (χ1) is 13.8. The van der Waals surface area contributed by atoms with Crippen molar-refractivity contribution in [1.82, 2.24) is 0 Å². The topological polar surface area (TPSA) is 43.4 Å². The highest BCUT2D eigenvalue weighted by Crippen LogP contribution is 2.68. The summed E-state index contributed by atoms with van der Waals surface area (Å²) in [6.45, 7) is 9.89. The third kappa shape index (κ3) is 3.59. The number of carbonyl (C=O) groups is 2. The summed E-state index contributed by atoms with van der Waals surface area (Å²) in [4.78, 5) is 23.9. The molecule has 4 aliphatic carbocycles. The molecule has 4 rings (SSSR count). The van der Waals surface area contributed by atoms with Gasteiger partial charge < -0.3 is 4.74 Å². The van der Waals surface area contributed by atoms with Crippen LogP contribution in [0.3, 0.4) is 0 Å². The van der Waals surface area contributed by atoms with Crippen LogP contribution in [0.1, 0.15) is 98.3 Å². The first kappa shape index (κ1) is 21.4. The van der Waals surface area contributed by atoms with E-state index < -0.39 is 0 Å². The fraction of sp³-hybridized carbons (Fsp3) is 0.923. The number of Topliss-reactive ketones (excluding diaryl/α,β-unsaturated/α-hetero) is 1. The van der Waals surface area contributed by atoms with Crippen LogP contribution >= 0.6 is 0 Å². The number of rotatable bonds is 5. The maximum atomic E-state index is 12.1. The maximum absolute atomic E-state index is 12.1. The third-order valence-electron chi connectivity index (χ3n) is 10.4. The van der Waals surface area contributed by atoms with Crippen molar-refractivity contribution in [1.29, 1.82) is 0 Å². The van der Waals surface area contributed by atoms with Crippen LogP contribution < -0.4 is 0 Å². The Kier molecular flexibility index (Phi) is 5.90. The Hall–Kier alpha value is -0.860. The molecule has 0 aliphatic heterocycles. The average Bonchev–Trinajstić information content (AvgIpc) is 3.04. The van der Waals surface area contributed by atoms with Crippen LogP contribution in [-0.2, 0) is 14.3 Å². The van der Waals surface area contributed by atoms with Crippen molar-refractivity contribution in [3.8, 4) is 0 Å². The Balaban J connectivity index is 1.46. The zero-order valence-electron chi connectivity index (χ0n) is 19.2. The first-order valence-electron chi connectivity index (χ1n) is 12.5. The van der Waals surface area contributed by atoms with Crippen LogP contribution in [0.2, 0.25) is 0 Å². The largest absolute Gasteiger partial charge is 0.466 e. The lowest BCUT2D eigenvalue weighted by molar-refractivity contribution is -0.144. The lowest BCUT2D eigenvalue weighted by atomic mass is 9.44. The maximum Gasteiger partial charge on any atom is 0.305 e. The molecule has 0 radical (unpaired) electrons. The standard InChI is InChI=1S/C26H42O3/c1-5-29-24(28)11-6-17(2)21-9-10-22-20-8-7-18-16-19(27)12-14-25(18,3)23(20)13-15-26(21,22)4/h17-18,20-23H,5-16H2,1-4H3/t17-,18?,20?,21?,22?,23?,25?,26?/m1/s1. The summed E-state index contributed by atoms with van der Waals surface area (Å²) >= 11 is 0. The zero-order valence-corrected chi connectivity index (χ0v) is 19.2. The van der Waals surface area contributed by atoms with Gasteiger partial charge in [-0.05, 0) is 105 Å². The monoisotopic (exact) mass is 402 g/mol. The highest BCUT2D eigenvalue weighted by Gasteiger charge is 2.60. The SMILES string of the molecule is CCOC(=O)CC[C@@H](C)C1CCC2C3CCC4CC(=O)CCC4(C)C3CCC21C. The molecule has 4 aliphatic rings. The summed E-state index contributed by atoms with van der Waals surface area (Å²) in [7, 11) is 0. The van der Waals surface area contributed by atoms with E-state index in [4.69, 9.17) is 4.74 Å². The van der Waals surface area contributed by atoms with Gasteiger partial charge in [0.25, 0.3) is 0 Å². The molecule has 0 amide bonds. The van der Waals surface area contributed by atoms with Crippen molar-refractivity contribution in [2.75, 3.05) is 6.61 Å². The van der Waals surface area contributed by atoms with Gasteiger partial charge in [0.1, 0.15) is 5.78 Å². The van der Waals surface area contributed by atoms with Gasteiger partial charge in [0.05, 0.1) is 6.61 Å². The minimum atomic E-state index is -0.0270. The molecule has 7 unspecified atom stereocenters. The molecule has 3 nitrogen and oxygen atoms in total. The molecule has 0 aromatic rings. The number of hydrogen-bond donors (Lipinski definition) is 0. The molecule has 0 aromatic heterocycles. The summed E-state index contributed by atoms with van der Waals surface area (Å²) in [5, 5.41) is 0. The predicted octanol–water partition coefficient (Wildman–Crippen LogP) is 6.19. The summed E-state index contributed by atoms with van der Waals surface area (Å²) < 4.78 is 5.16. The van der Waals surface area contributed by atoms with Crippen molar-refractivity contribution in [3.05, 3.63) is 0 Å². The molecule has 0 saturated heterocycles. The van der Waals surface area contributed by atoms with E-state index in [0.29, 0.717) is 41.5 Å². The zero-order chi connectivity index (χ0) is 20.8. The molecule has 29 heavy (non-hydrogen) atoms. The number of carbonyl (C=O) groups excluding carboxylic acids is 2. The van der Waals surface area contributed by atoms with Gasteiger partial charge in [0, 0.05) is 19.3 Å². The smallest absolute Gasteiger partial charge is 0.305 e. The third-order valence-corrected chi connectivity index (χ3v) is 10.4. The minimum absolute atomic E-state index is 0.0270. The van der Waals surface area contributed by atoms with Crippen LogP contribution in [0.5, 0.6) is 0 Å². The molecule has 0 N–H and O–H groups in total. The lowest BCUT2D eigenvalue weighted by Crippen LogP contribution is -2.53. The molecule has 4 saturated carbocycles. The van der Waals surface area contributed by atoms with E-state index in [1.807, 2.05) is 6.92 Å². The number of hydrogen-bond acceptors (Lipinski definition) is 3. The van der Waals surface area contributed by atoms with Gasteiger partial charge >= 0.3 is 5.97 Å². The van der Waals surface area contributed by atoms with Crippen molar-refractivity contribution in [2.45, 2.75) is 98.3 Å². The fourth-order valence-corrected chi connectivity index (χ4v) is 8.80. The molecule has 0 aromatic carbocycles. The number of ketones is 1. The molecule has 4 fully saturated rings. The summed E-state index contributed by atoms with van der Waals surface area (Å²) in [5.41, 5.74) is 0.856. The van der Waals surface area contributed by atoms with E-state index in [9.17, 15) is 9.59 Å². The first-order valence-corrected chi connectivity index (χ1v) is 12.5. The number of fused-ring (bicyclic) bond motifs is 5. The highest BCUT2D eigenvalue weighted by molar-refractivity contribution is 5.79. The molecule has 0 spiro atoms. The van der Waals surface area contributed by atoms with E-state index in [1.54, 1.807) is 0 Å². The van der Waals surface area contributed by atoms with Crippen molar-refractivity contribution < 1.29 is 14.3 Å². The summed E-state index contributed by atoms with van der Waals surface area (Å²) in [6, 6.07) is 0. The van der Waals surface area contributed by atoms with Crippen LogP contribution in [0, 0.1) is 46.3 Å². The Morgan fingerprint density at radius 3 is 2.59 bits per heavy atom. The van der Waals surface area contributed by atoms with E-state index in [-0.39, 0.29) is 5.97 Å². The van der Waals surface area contributed by atoms with Gasteiger partial charge in [-0.3, -0.25) is 9.59 Å². The second-order valence-corrected chi connectivity index (χ2v) is 11.4. The number of ether oxygens (including phenoxy) is 1. The number of esters is 1. The predicted molar refractivity (Wildman–Crippen MR) is 115 cm³/mol. The minimum Gasteiger partial charge on any atom is -0.466 e. The van der Waals surface area contributed by atoms with Crippen molar-refractivity contribution >= 4 is 11.8 Å². The molecular weight excluding hydrogens is 360 g/mol. The molecular formula is C26H42O3. The average molecular weight is 403 g/mol. The van der Waals surface area contributed by atoms with Crippen molar-refractivity contribution in [3.63, 3.8) is 0 Å². The molecule has 164 valence electrons. The van der Waals surface area contributed by atoms with E-state index in [2.05, 4.69) is 20.8 Å². The molecule has 3 heteroatoms. The van der Waals surface area contributed by atoms with Gasteiger partial charge in [-0.15, -0.1) is 0 Å². The summed E-state index contributed by atoms with van der Waals surface area (Å²) in [6.07, 6.45) is 12.4. The van der Waals surface area contributed by atoms with Crippen LogP contribution in [-0.4, -0.2) is 18.4 Å². The Bertz CT molecular complexity index is 642. The van der Waals surface area contributed by atoms with E-state index in [0.717, 1.165) is 49.4 Å². The van der Waals surface area contributed by atoms with Crippen LogP contribution in [0.4, 0.5) is 0 Å². The van der Waals surface area contributed by atoms with Crippen LogP contribution in [0.15, 0.2) is 0 Å². The Labute approximate surface area is 177 Å². The van der Waals surface area contributed by atoms with Gasteiger partial charge in [-0.2, -0.15) is 0 Å². The lowest BCUT2D eigenvalue weighted by Gasteiger charge is -2.60. The van der Waals surface area contributed by atoms with Gasteiger partial charge in [-0.25, -0.2) is 0 Å². The quantitative estimate of drug-likeness (QED) is 0.515. The fourth-order valence-electron chi connectivity index (χ4n) is 8.80.